The molecular weight excluding hydrogens is 456 g/mol. The summed E-state index contributed by atoms with van der Waals surface area (Å²) in [5.41, 5.74) is 0. The minimum Gasteiger partial charge on any atom is -0.394 e. The Morgan fingerprint density at radius 1 is 0.545 bits per heavy atom. The minimum absolute atomic E-state index is 0.730. The van der Waals surface area contributed by atoms with Crippen LogP contribution in [0.2, 0.25) is 0 Å². The van der Waals surface area contributed by atoms with E-state index in [0.29, 0.717) is 0 Å². The van der Waals surface area contributed by atoms with Crippen LogP contribution in [0.3, 0.4) is 0 Å². The number of rotatable bonds is 6. The van der Waals surface area contributed by atoms with Gasteiger partial charge in [0.15, 0.2) is 18.9 Å². The van der Waals surface area contributed by atoms with Crippen LogP contribution in [0.4, 0.5) is 0 Å². The lowest BCUT2D eigenvalue weighted by molar-refractivity contribution is -0.381. The molecule has 0 radical (unpaired) electrons. The summed E-state index contributed by atoms with van der Waals surface area (Å²) < 4.78 is 26.6. The lowest BCUT2D eigenvalue weighted by atomic mass is 9.96. The highest BCUT2D eigenvalue weighted by Crippen LogP contribution is 2.32. The molecule has 15 atom stereocenters. The van der Waals surface area contributed by atoms with E-state index in [9.17, 15) is 51.1 Å². The zero-order valence-electron chi connectivity index (χ0n) is 17.6. The molecule has 3 rings (SSSR count). The lowest BCUT2D eigenvalue weighted by Crippen LogP contribution is -2.66. The molecule has 10 N–H and O–H groups in total. The largest absolute Gasteiger partial charge is 0.394 e. The Labute approximate surface area is 187 Å². The van der Waals surface area contributed by atoms with Gasteiger partial charge in [-0.15, -0.1) is 0 Å². The molecular formula is C18H32O15. The highest BCUT2D eigenvalue weighted by molar-refractivity contribution is 4.95. The van der Waals surface area contributed by atoms with Crippen molar-refractivity contribution in [3.05, 3.63) is 0 Å². The van der Waals surface area contributed by atoms with Gasteiger partial charge in [0.05, 0.1) is 19.3 Å². The van der Waals surface area contributed by atoms with Crippen molar-refractivity contribution in [3.8, 4) is 0 Å². The van der Waals surface area contributed by atoms with Crippen molar-refractivity contribution in [1.29, 1.82) is 0 Å². The van der Waals surface area contributed by atoms with Crippen LogP contribution in [0.5, 0.6) is 0 Å². The van der Waals surface area contributed by atoms with Gasteiger partial charge in [-0.05, 0) is 6.92 Å². The third kappa shape index (κ3) is 5.32. The highest BCUT2D eigenvalue weighted by Gasteiger charge is 2.53. The zero-order valence-corrected chi connectivity index (χ0v) is 17.6. The normalized spacial score (nSPS) is 53.7. The molecule has 0 saturated carbocycles. The Kier molecular flexibility index (Phi) is 8.99. The number of aliphatic hydroxyl groups excluding tert-OH is 10. The Bertz CT molecular complexity index is 624. The third-order valence-electron chi connectivity index (χ3n) is 6.05. The Morgan fingerprint density at radius 3 is 1.64 bits per heavy atom. The van der Waals surface area contributed by atoms with Crippen molar-refractivity contribution in [2.45, 2.75) is 99.0 Å². The first kappa shape index (κ1) is 27.0. The summed E-state index contributed by atoms with van der Waals surface area (Å²) in [5.74, 6) is 0. The summed E-state index contributed by atoms with van der Waals surface area (Å²) in [6, 6.07) is 0. The van der Waals surface area contributed by atoms with Gasteiger partial charge < -0.3 is 74.7 Å². The number of hydrogen-bond acceptors (Lipinski definition) is 15. The molecule has 12 unspecified atom stereocenters. The van der Waals surface area contributed by atoms with Crippen molar-refractivity contribution < 1.29 is 74.7 Å². The molecule has 3 saturated heterocycles. The van der Waals surface area contributed by atoms with Gasteiger partial charge in [0.25, 0.3) is 0 Å². The lowest BCUT2D eigenvalue weighted by Gasteiger charge is -2.47. The number of aliphatic hydroxyl groups is 10. The van der Waals surface area contributed by atoms with Gasteiger partial charge in [0.1, 0.15) is 67.1 Å². The van der Waals surface area contributed by atoms with Crippen LogP contribution < -0.4 is 0 Å². The van der Waals surface area contributed by atoms with Crippen LogP contribution >= 0.6 is 0 Å². The fourth-order valence-corrected chi connectivity index (χ4v) is 3.99. The molecule has 0 amide bonds. The van der Waals surface area contributed by atoms with Crippen molar-refractivity contribution in [2.24, 2.45) is 0 Å². The maximum absolute atomic E-state index is 10.8. The molecule has 0 aromatic carbocycles. The minimum atomic E-state index is -1.86. The fraction of sp³-hybridized carbons (Fsp3) is 1.00. The Hall–Kier alpha value is -0.600. The first-order valence-electron chi connectivity index (χ1n) is 10.4. The van der Waals surface area contributed by atoms with E-state index in [1.807, 2.05) is 0 Å². The van der Waals surface area contributed by atoms with Gasteiger partial charge in [0.2, 0.25) is 0 Å². The van der Waals surface area contributed by atoms with E-state index in [-0.39, 0.29) is 0 Å². The molecule has 3 heterocycles. The predicted octanol–water partition coefficient (Wildman–Crippen LogP) is -6.55. The maximum Gasteiger partial charge on any atom is 0.187 e. The summed E-state index contributed by atoms with van der Waals surface area (Å²) in [5, 5.41) is 99.8. The van der Waals surface area contributed by atoms with E-state index in [1.165, 1.54) is 6.92 Å². The predicted molar refractivity (Wildman–Crippen MR) is 99.8 cm³/mol. The second kappa shape index (κ2) is 11.0. The first-order chi connectivity index (χ1) is 15.5. The fourth-order valence-electron chi connectivity index (χ4n) is 3.99. The maximum atomic E-state index is 10.8. The molecule has 0 aromatic heterocycles. The summed E-state index contributed by atoms with van der Waals surface area (Å²) in [6.07, 6.45) is -23.9. The second-order valence-corrected chi connectivity index (χ2v) is 8.32. The highest BCUT2D eigenvalue weighted by atomic mass is 16.8. The second-order valence-electron chi connectivity index (χ2n) is 8.32. The van der Waals surface area contributed by atoms with Gasteiger partial charge in [-0.3, -0.25) is 0 Å². The average Bonchev–Trinajstić information content (AvgIpc) is 2.79. The molecule has 15 nitrogen and oxygen atoms in total. The Morgan fingerprint density at radius 2 is 1.06 bits per heavy atom. The van der Waals surface area contributed by atoms with Gasteiger partial charge in [-0.2, -0.15) is 0 Å². The van der Waals surface area contributed by atoms with E-state index >= 15 is 0 Å². The molecule has 0 aliphatic carbocycles. The van der Waals surface area contributed by atoms with E-state index in [1.54, 1.807) is 0 Å². The van der Waals surface area contributed by atoms with Gasteiger partial charge in [-0.1, -0.05) is 0 Å². The molecule has 15 heteroatoms. The van der Waals surface area contributed by atoms with Crippen LogP contribution in [-0.2, 0) is 23.7 Å². The smallest absolute Gasteiger partial charge is 0.187 e. The van der Waals surface area contributed by atoms with E-state index in [0.717, 1.165) is 0 Å². The molecule has 0 aromatic rings. The number of ether oxygens (including phenoxy) is 5. The monoisotopic (exact) mass is 488 g/mol. The van der Waals surface area contributed by atoms with Gasteiger partial charge in [0, 0.05) is 0 Å². The summed E-state index contributed by atoms with van der Waals surface area (Å²) in [6.45, 7) is -0.105. The number of hydrogen-bond donors (Lipinski definition) is 10. The van der Waals surface area contributed by atoms with Gasteiger partial charge in [-0.25, -0.2) is 0 Å². The first-order valence-corrected chi connectivity index (χ1v) is 10.4. The van der Waals surface area contributed by atoms with E-state index in [4.69, 9.17) is 23.7 Å². The molecule has 3 aliphatic heterocycles. The Balaban J connectivity index is 1.75. The summed E-state index contributed by atoms with van der Waals surface area (Å²) in [7, 11) is 0. The molecule has 194 valence electrons. The molecule has 0 spiro atoms. The van der Waals surface area contributed by atoms with Crippen molar-refractivity contribution in [1.82, 2.24) is 0 Å². The third-order valence-corrected chi connectivity index (χ3v) is 6.05. The van der Waals surface area contributed by atoms with Crippen LogP contribution in [0.15, 0.2) is 0 Å². The topological polar surface area (TPSA) is 248 Å². The van der Waals surface area contributed by atoms with Crippen LogP contribution in [0, 0.1) is 0 Å². The van der Waals surface area contributed by atoms with Crippen LogP contribution in [0.25, 0.3) is 0 Å². The zero-order chi connectivity index (χ0) is 24.6. The van der Waals surface area contributed by atoms with Crippen molar-refractivity contribution in [2.75, 3.05) is 13.2 Å². The van der Waals surface area contributed by atoms with Crippen molar-refractivity contribution in [3.63, 3.8) is 0 Å². The molecule has 3 aliphatic rings. The van der Waals surface area contributed by atoms with Gasteiger partial charge >= 0.3 is 0 Å². The SMILES string of the molecule is CC1OC(O[C@@H]2C(O)OC(CO)C(OC3OC(CO)C(O)C(O)[C@@H]3O)C2O)[C@@H](O)C(O)C1O. The van der Waals surface area contributed by atoms with E-state index in [2.05, 4.69) is 0 Å². The standard InChI is InChI=1S/C18H32O15/c1-4-7(21)9(23)11(25)17(29-4)33-15-13(27)14(6(3-20)30-16(15)28)32-18-12(26)10(24)8(22)5(2-19)31-18/h4-28H,2-3H2,1H3/t4?,5?,6?,7?,8?,9?,10?,11-,12-,13?,14?,15-,16?,17?,18?/m0/s1. The molecule has 33 heavy (non-hydrogen) atoms. The summed E-state index contributed by atoms with van der Waals surface area (Å²) >= 11 is 0. The van der Waals surface area contributed by atoms with Crippen LogP contribution in [0.1, 0.15) is 6.92 Å². The summed E-state index contributed by atoms with van der Waals surface area (Å²) in [4.78, 5) is 0. The van der Waals surface area contributed by atoms with Crippen molar-refractivity contribution >= 4 is 0 Å². The quantitative estimate of drug-likeness (QED) is 0.167. The van der Waals surface area contributed by atoms with E-state index < -0.39 is 105 Å². The molecule has 3 fully saturated rings. The molecule has 0 bridgehead atoms. The van der Waals surface area contributed by atoms with Crippen LogP contribution in [-0.4, -0.2) is 156 Å². The average molecular weight is 488 g/mol.